The molecule has 0 unspecified atom stereocenters. The van der Waals surface area contributed by atoms with E-state index in [0.29, 0.717) is 12.2 Å². The van der Waals surface area contributed by atoms with Crippen LogP contribution in [0.5, 0.6) is 0 Å². The van der Waals surface area contributed by atoms with Crippen LogP contribution < -0.4 is 5.32 Å². The van der Waals surface area contributed by atoms with E-state index >= 15 is 0 Å². The fraction of sp³-hybridized carbons (Fsp3) is 0.190. The standard InChI is InChI=1S/C21H17NOS/c23-17-8-3-7-15-19-14-6-2-1-5-13(14)10-11-16(19)22-21(20(15)17)18-9-4-12-24-18/h1-2,4-6,9-12,21-22H,3,7-8H2/t21-/m1/s1. The summed E-state index contributed by atoms with van der Waals surface area (Å²) in [7, 11) is 0. The van der Waals surface area contributed by atoms with Gasteiger partial charge in [-0.2, -0.15) is 0 Å². The maximum absolute atomic E-state index is 12.8. The minimum atomic E-state index is 0.00135. The maximum Gasteiger partial charge on any atom is 0.161 e. The van der Waals surface area contributed by atoms with Crippen LogP contribution >= 0.6 is 11.3 Å². The number of rotatable bonds is 1. The van der Waals surface area contributed by atoms with Crippen LogP contribution in [0.25, 0.3) is 16.3 Å². The second-order valence-corrected chi connectivity index (χ2v) is 7.45. The Morgan fingerprint density at radius 1 is 1.00 bits per heavy atom. The molecule has 2 aliphatic rings. The average molecular weight is 331 g/mol. The zero-order chi connectivity index (χ0) is 16.1. The van der Waals surface area contributed by atoms with Gasteiger partial charge in [0.2, 0.25) is 0 Å². The van der Waals surface area contributed by atoms with Crippen LogP contribution in [0, 0.1) is 0 Å². The highest BCUT2D eigenvalue weighted by Gasteiger charge is 2.35. The van der Waals surface area contributed by atoms with E-state index in [0.717, 1.165) is 24.1 Å². The molecule has 1 atom stereocenters. The van der Waals surface area contributed by atoms with E-state index < -0.39 is 0 Å². The first-order valence-electron chi connectivity index (χ1n) is 8.41. The van der Waals surface area contributed by atoms with E-state index in [-0.39, 0.29) is 6.04 Å². The molecule has 0 saturated carbocycles. The number of benzene rings is 2. The quantitative estimate of drug-likeness (QED) is 0.631. The van der Waals surface area contributed by atoms with Crippen LogP contribution in [0.1, 0.15) is 35.7 Å². The highest BCUT2D eigenvalue weighted by molar-refractivity contribution is 7.10. The summed E-state index contributed by atoms with van der Waals surface area (Å²) >= 11 is 1.72. The summed E-state index contributed by atoms with van der Waals surface area (Å²) in [6.45, 7) is 0. The second kappa shape index (κ2) is 5.32. The molecule has 1 N–H and O–H groups in total. The van der Waals surface area contributed by atoms with Crippen LogP contribution in [0.3, 0.4) is 0 Å². The third-order valence-electron chi connectivity index (χ3n) is 5.10. The molecule has 3 aromatic rings. The molecular formula is C21H17NOS. The number of allylic oxidation sites excluding steroid dienone is 1. The van der Waals surface area contributed by atoms with Crippen LogP contribution in [0.4, 0.5) is 5.69 Å². The summed E-state index contributed by atoms with van der Waals surface area (Å²) < 4.78 is 0. The molecule has 2 heterocycles. The Morgan fingerprint density at radius 2 is 1.92 bits per heavy atom. The normalized spacial score (nSPS) is 19.8. The first-order chi connectivity index (χ1) is 11.8. The van der Waals surface area contributed by atoms with E-state index in [9.17, 15) is 4.79 Å². The summed E-state index contributed by atoms with van der Waals surface area (Å²) in [4.78, 5) is 14.0. The van der Waals surface area contributed by atoms with Crippen LogP contribution in [-0.4, -0.2) is 5.78 Å². The molecule has 0 saturated heterocycles. The number of Topliss-reactive ketones (excluding diaryl/α,β-unsaturated/α-hetero) is 1. The van der Waals surface area contributed by atoms with Crippen molar-refractivity contribution in [2.45, 2.75) is 25.3 Å². The Bertz CT molecular complexity index is 984. The third-order valence-corrected chi connectivity index (χ3v) is 6.04. The summed E-state index contributed by atoms with van der Waals surface area (Å²) in [6.07, 6.45) is 2.62. The van der Waals surface area contributed by atoms with Gasteiger partial charge >= 0.3 is 0 Å². The van der Waals surface area contributed by atoms with Crippen LogP contribution in [-0.2, 0) is 4.79 Å². The van der Waals surface area contributed by atoms with Gasteiger partial charge in [-0.1, -0.05) is 36.4 Å². The number of carbonyl (C=O) groups is 1. The van der Waals surface area contributed by atoms with Gasteiger partial charge in [0.25, 0.3) is 0 Å². The number of hydrogen-bond acceptors (Lipinski definition) is 3. The first-order valence-corrected chi connectivity index (χ1v) is 9.29. The summed E-state index contributed by atoms with van der Waals surface area (Å²) in [5.41, 5.74) is 4.65. The van der Waals surface area contributed by atoms with Crippen molar-refractivity contribution < 1.29 is 4.79 Å². The van der Waals surface area contributed by atoms with Crippen molar-refractivity contribution in [2.75, 3.05) is 5.32 Å². The molecule has 0 bridgehead atoms. The number of fused-ring (bicyclic) bond motifs is 4. The van der Waals surface area contributed by atoms with E-state index in [4.69, 9.17) is 0 Å². The van der Waals surface area contributed by atoms with Gasteiger partial charge in [0.15, 0.2) is 5.78 Å². The first kappa shape index (κ1) is 14.0. The van der Waals surface area contributed by atoms with Gasteiger partial charge in [-0.3, -0.25) is 4.79 Å². The Labute approximate surface area is 144 Å². The lowest BCUT2D eigenvalue weighted by Crippen LogP contribution is -2.26. The Hall–Kier alpha value is -2.39. The van der Waals surface area contributed by atoms with Gasteiger partial charge in [-0.05, 0) is 46.7 Å². The minimum Gasteiger partial charge on any atom is -0.373 e. The van der Waals surface area contributed by atoms with E-state index in [1.807, 2.05) is 0 Å². The third kappa shape index (κ3) is 1.98. The number of thiophene rings is 1. The molecule has 2 nitrogen and oxygen atoms in total. The van der Waals surface area contributed by atoms with E-state index in [2.05, 4.69) is 59.2 Å². The molecule has 3 heteroatoms. The van der Waals surface area contributed by atoms with Crippen molar-refractivity contribution in [3.63, 3.8) is 0 Å². The zero-order valence-corrected chi connectivity index (χ0v) is 14.0. The van der Waals surface area contributed by atoms with Crippen molar-refractivity contribution in [3.05, 3.63) is 69.9 Å². The second-order valence-electron chi connectivity index (χ2n) is 6.47. The molecule has 1 aliphatic carbocycles. The van der Waals surface area contributed by atoms with Gasteiger partial charge < -0.3 is 5.32 Å². The highest BCUT2D eigenvalue weighted by atomic mass is 32.1. The molecule has 0 fully saturated rings. The molecule has 0 amide bonds. The predicted molar refractivity (Wildman–Crippen MR) is 100 cm³/mol. The molecule has 1 aliphatic heterocycles. The summed E-state index contributed by atoms with van der Waals surface area (Å²) in [5, 5.41) is 8.22. The minimum absolute atomic E-state index is 0.00135. The molecule has 2 aromatic carbocycles. The van der Waals surface area contributed by atoms with Crippen LogP contribution in [0.2, 0.25) is 0 Å². The van der Waals surface area contributed by atoms with Gasteiger partial charge in [0, 0.05) is 28.1 Å². The molecule has 1 aromatic heterocycles. The van der Waals surface area contributed by atoms with Gasteiger partial charge in [-0.25, -0.2) is 0 Å². The van der Waals surface area contributed by atoms with Gasteiger partial charge in [0.1, 0.15) is 0 Å². The Balaban J connectivity index is 1.82. The van der Waals surface area contributed by atoms with Gasteiger partial charge in [-0.15, -0.1) is 11.3 Å². The Morgan fingerprint density at radius 3 is 2.79 bits per heavy atom. The van der Waals surface area contributed by atoms with Crippen molar-refractivity contribution in [2.24, 2.45) is 0 Å². The van der Waals surface area contributed by atoms with Crippen molar-refractivity contribution in [3.8, 4) is 0 Å². The van der Waals surface area contributed by atoms with Gasteiger partial charge in [0.05, 0.1) is 6.04 Å². The van der Waals surface area contributed by atoms with E-state index in [1.165, 1.54) is 26.8 Å². The smallest absolute Gasteiger partial charge is 0.161 e. The van der Waals surface area contributed by atoms with Crippen LogP contribution in [0.15, 0.2) is 59.5 Å². The van der Waals surface area contributed by atoms with Crippen molar-refractivity contribution in [1.29, 1.82) is 0 Å². The number of hydrogen-bond donors (Lipinski definition) is 1. The molecular weight excluding hydrogens is 314 g/mol. The fourth-order valence-corrected chi connectivity index (χ4v) is 4.86. The lowest BCUT2D eigenvalue weighted by atomic mass is 9.78. The lowest BCUT2D eigenvalue weighted by Gasteiger charge is -2.34. The average Bonchev–Trinajstić information content (AvgIpc) is 3.15. The zero-order valence-electron chi connectivity index (χ0n) is 13.2. The summed E-state index contributed by atoms with van der Waals surface area (Å²) in [6, 6.07) is 17.0. The molecule has 5 rings (SSSR count). The predicted octanol–water partition coefficient (Wildman–Crippen LogP) is 5.57. The molecule has 118 valence electrons. The largest absolute Gasteiger partial charge is 0.373 e. The lowest BCUT2D eigenvalue weighted by molar-refractivity contribution is -0.116. The number of ketones is 1. The van der Waals surface area contributed by atoms with Crippen molar-refractivity contribution in [1.82, 2.24) is 0 Å². The molecule has 0 spiro atoms. The monoisotopic (exact) mass is 331 g/mol. The fourth-order valence-electron chi connectivity index (χ4n) is 4.07. The van der Waals surface area contributed by atoms with Crippen molar-refractivity contribution >= 4 is 39.2 Å². The Kier molecular flexibility index (Phi) is 3.10. The SMILES string of the molecule is O=C1CCCC2=C1[C@@H](c1cccs1)Nc1ccc3ccccc3c12. The number of carbonyl (C=O) groups excluding carboxylic acids is 1. The number of nitrogens with one attached hydrogen (secondary N) is 1. The highest BCUT2D eigenvalue weighted by Crippen LogP contribution is 2.48. The molecule has 24 heavy (non-hydrogen) atoms. The van der Waals surface area contributed by atoms with E-state index in [1.54, 1.807) is 11.3 Å². The number of anilines is 1. The maximum atomic E-state index is 12.8. The summed E-state index contributed by atoms with van der Waals surface area (Å²) in [5.74, 6) is 0.306. The molecule has 0 radical (unpaired) electrons. The topological polar surface area (TPSA) is 29.1 Å².